The molecule has 1 amide bonds. The molecular formula is C15H20N4O3. The van der Waals surface area contributed by atoms with Crippen molar-refractivity contribution in [3.05, 3.63) is 24.3 Å². The minimum Gasteiger partial charge on any atom is -0.497 e. The van der Waals surface area contributed by atoms with Crippen molar-refractivity contribution in [1.29, 1.82) is 0 Å². The maximum atomic E-state index is 12.0. The van der Waals surface area contributed by atoms with Crippen LogP contribution in [0.3, 0.4) is 0 Å². The largest absolute Gasteiger partial charge is 0.497 e. The van der Waals surface area contributed by atoms with Crippen molar-refractivity contribution in [3.63, 3.8) is 0 Å². The highest BCUT2D eigenvalue weighted by Crippen LogP contribution is 2.31. The van der Waals surface area contributed by atoms with Crippen molar-refractivity contribution in [2.45, 2.75) is 26.4 Å². The van der Waals surface area contributed by atoms with E-state index < -0.39 is 11.7 Å². The summed E-state index contributed by atoms with van der Waals surface area (Å²) in [5.41, 5.74) is 7.00. The van der Waals surface area contributed by atoms with E-state index in [-0.39, 0.29) is 0 Å². The zero-order chi connectivity index (χ0) is 16.3. The van der Waals surface area contributed by atoms with E-state index in [1.165, 1.54) is 0 Å². The zero-order valence-electron chi connectivity index (χ0n) is 13.1. The standard InChI is InChI=1S/C15H20N4O3/c1-15(2,3)22-14(20)17-11-7-9(21-4)5-6-10(11)12-8-13(16)19-18-12/h5-8H,1-4H3,(H,17,20)(H3,16,18,19). The third kappa shape index (κ3) is 3.91. The van der Waals surface area contributed by atoms with E-state index in [0.29, 0.717) is 22.9 Å². The van der Waals surface area contributed by atoms with Crippen molar-refractivity contribution < 1.29 is 14.3 Å². The minimum absolute atomic E-state index is 0.369. The predicted octanol–water partition coefficient (Wildman–Crippen LogP) is 3.01. The van der Waals surface area contributed by atoms with Crippen LogP contribution in [0.1, 0.15) is 20.8 Å². The summed E-state index contributed by atoms with van der Waals surface area (Å²) in [6.45, 7) is 5.40. The van der Waals surface area contributed by atoms with Gasteiger partial charge in [-0.1, -0.05) is 0 Å². The van der Waals surface area contributed by atoms with Crippen molar-refractivity contribution in [1.82, 2.24) is 10.2 Å². The highest BCUT2D eigenvalue weighted by molar-refractivity contribution is 5.91. The molecule has 0 fully saturated rings. The zero-order valence-corrected chi connectivity index (χ0v) is 13.1. The number of methoxy groups -OCH3 is 1. The molecule has 0 aliphatic heterocycles. The molecule has 7 heteroatoms. The Hall–Kier alpha value is -2.70. The molecule has 1 aromatic heterocycles. The summed E-state index contributed by atoms with van der Waals surface area (Å²) in [6.07, 6.45) is -0.547. The second-order valence-electron chi connectivity index (χ2n) is 5.74. The maximum Gasteiger partial charge on any atom is 0.412 e. The first-order valence-corrected chi connectivity index (χ1v) is 6.78. The summed E-state index contributed by atoms with van der Waals surface area (Å²) in [4.78, 5) is 12.0. The lowest BCUT2D eigenvalue weighted by Gasteiger charge is -2.20. The molecule has 4 N–H and O–H groups in total. The molecule has 7 nitrogen and oxygen atoms in total. The lowest BCUT2D eigenvalue weighted by atomic mass is 10.1. The Labute approximate surface area is 128 Å². The van der Waals surface area contributed by atoms with Gasteiger partial charge in [0, 0.05) is 17.7 Å². The Morgan fingerprint density at radius 2 is 2.05 bits per heavy atom. The molecule has 2 rings (SSSR count). The van der Waals surface area contributed by atoms with Crippen LogP contribution in [0.5, 0.6) is 5.75 Å². The monoisotopic (exact) mass is 304 g/mol. The van der Waals surface area contributed by atoms with E-state index in [1.807, 2.05) is 0 Å². The molecule has 0 aliphatic rings. The smallest absolute Gasteiger partial charge is 0.412 e. The number of benzene rings is 1. The summed E-state index contributed by atoms with van der Waals surface area (Å²) in [7, 11) is 1.56. The maximum absolute atomic E-state index is 12.0. The number of nitrogens with one attached hydrogen (secondary N) is 2. The van der Waals surface area contributed by atoms with E-state index in [0.717, 1.165) is 5.56 Å². The van der Waals surface area contributed by atoms with Crippen LogP contribution >= 0.6 is 0 Å². The second kappa shape index (κ2) is 5.97. The number of nitrogens with zero attached hydrogens (tertiary/aromatic N) is 1. The van der Waals surface area contributed by atoms with Crippen LogP contribution in [0.4, 0.5) is 16.3 Å². The van der Waals surface area contributed by atoms with Gasteiger partial charge in [-0.3, -0.25) is 10.4 Å². The number of aromatic nitrogens is 2. The Balaban J connectivity index is 2.33. The molecule has 0 aliphatic carbocycles. The van der Waals surface area contributed by atoms with Crippen LogP contribution in [0, 0.1) is 0 Å². The molecule has 22 heavy (non-hydrogen) atoms. The van der Waals surface area contributed by atoms with Gasteiger partial charge < -0.3 is 15.2 Å². The first-order chi connectivity index (χ1) is 10.3. The third-order valence-electron chi connectivity index (χ3n) is 2.75. The topological polar surface area (TPSA) is 102 Å². The molecule has 0 saturated carbocycles. The molecule has 2 aromatic rings. The van der Waals surface area contributed by atoms with Gasteiger partial charge in [0.25, 0.3) is 0 Å². The summed E-state index contributed by atoms with van der Waals surface area (Å²) in [5, 5.41) is 9.43. The molecule has 1 aromatic carbocycles. The first kappa shape index (κ1) is 15.7. The number of carbonyl (C=O) groups is 1. The Morgan fingerprint density at radius 1 is 1.32 bits per heavy atom. The molecule has 0 spiro atoms. The summed E-state index contributed by atoms with van der Waals surface area (Å²) in [6, 6.07) is 6.98. The SMILES string of the molecule is COc1ccc(-c2cc(N)n[nH]2)c(NC(=O)OC(C)(C)C)c1. The van der Waals surface area contributed by atoms with Gasteiger partial charge in [0.1, 0.15) is 17.2 Å². The van der Waals surface area contributed by atoms with Crippen LogP contribution in [-0.4, -0.2) is 29.0 Å². The number of anilines is 2. The Kier molecular flexibility index (Phi) is 4.25. The highest BCUT2D eigenvalue weighted by atomic mass is 16.6. The van der Waals surface area contributed by atoms with Gasteiger partial charge >= 0.3 is 6.09 Å². The fourth-order valence-electron chi connectivity index (χ4n) is 1.88. The van der Waals surface area contributed by atoms with Gasteiger partial charge in [-0.05, 0) is 32.9 Å². The quantitative estimate of drug-likeness (QED) is 0.809. The minimum atomic E-state index is -0.582. The van der Waals surface area contributed by atoms with E-state index in [4.69, 9.17) is 15.2 Å². The lowest BCUT2D eigenvalue weighted by Crippen LogP contribution is -2.27. The van der Waals surface area contributed by atoms with Crippen molar-refractivity contribution in [2.75, 3.05) is 18.2 Å². The van der Waals surface area contributed by atoms with Gasteiger partial charge in [-0.15, -0.1) is 0 Å². The van der Waals surface area contributed by atoms with Crippen LogP contribution in [0.15, 0.2) is 24.3 Å². The van der Waals surface area contributed by atoms with Crippen LogP contribution in [0.25, 0.3) is 11.3 Å². The number of nitrogens with two attached hydrogens (primary N) is 1. The van der Waals surface area contributed by atoms with E-state index in [9.17, 15) is 4.79 Å². The van der Waals surface area contributed by atoms with Crippen LogP contribution in [0.2, 0.25) is 0 Å². The predicted molar refractivity (Wildman–Crippen MR) is 84.8 cm³/mol. The van der Waals surface area contributed by atoms with Gasteiger partial charge in [-0.2, -0.15) is 5.10 Å². The lowest BCUT2D eigenvalue weighted by molar-refractivity contribution is 0.0636. The number of aromatic amines is 1. The fourth-order valence-corrected chi connectivity index (χ4v) is 1.88. The highest BCUT2D eigenvalue weighted by Gasteiger charge is 2.18. The van der Waals surface area contributed by atoms with E-state index in [1.54, 1.807) is 52.1 Å². The van der Waals surface area contributed by atoms with Crippen LogP contribution in [-0.2, 0) is 4.74 Å². The van der Waals surface area contributed by atoms with Crippen LogP contribution < -0.4 is 15.8 Å². The average molecular weight is 304 g/mol. The van der Waals surface area contributed by atoms with E-state index in [2.05, 4.69) is 15.5 Å². The molecule has 0 saturated heterocycles. The molecule has 1 heterocycles. The van der Waals surface area contributed by atoms with E-state index >= 15 is 0 Å². The Bertz CT molecular complexity index is 674. The average Bonchev–Trinajstić information content (AvgIpc) is 2.82. The molecule has 118 valence electrons. The van der Waals surface area contributed by atoms with Gasteiger partial charge in [0.15, 0.2) is 0 Å². The normalized spacial score (nSPS) is 11.1. The third-order valence-corrected chi connectivity index (χ3v) is 2.75. The molecule has 0 atom stereocenters. The molecule has 0 bridgehead atoms. The molecular weight excluding hydrogens is 284 g/mol. The second-order valence-corrected chi connectivity index (χ2v) is 5.74. The first-order valence-electron chi connectivity index (χ1n) is 6.78. The summed E-state index contributed by atoms with van der Waals surface area (Å²) in [5.74, 6) is 0.983. The van der Waals surface area contributed by atoms with Gasteiger partial charge in [-0.25, -0.2) is 4.79 Å². The number of rotatable bonds is 3. The van der Waals surface area contributed by atoms with Gasteiger partial charge in [0.05, 0.1) is 18.5 Å². The van der Waals surface area contributed by atoms with Crippen molar-refractivity contribution in [2.24, 2.45) is 0 Å². The van der Waals surface area contributed by atoms with Crippen molar-refractivity contribution in [3.8, 4) is 17.0 Å². The number of nitrogen functional groups attached to an aromatic ring is 1. The van der Waals surface area contributed by atoms with Crippen molar-refractivity contribution >= 4 is 17.6 Å². The fraction of sp³-hybridized carbons (Fsp3) is 0.333. The summed E-state index contributed by atoms with van der Waals surface area (Å²) < 4.78 is 10.5. The number of amides is 1. The van der Waals surface area contributed by atoms with Gasteiger partial charge in [0.2, 0.25) is 0 Å². The molecule has 0 unspecified atom stereocenters. The number of ether oxygens (including phenoxy) is 2. The number of hydrogen-bond acceptors (Lipinski definition) is 5. The number of carbonyl (C=O) groups excluding carboxylic acids is 1. The number of H-pyrrole nitrogens is 1. The number of hydrogen-bond donors (Lipinski definition) is 3. The summed E-state index contributed by atoms with van der Waals surface area (Å²) >= 11 is 0. The Morgan fingerprint density at radius 3 is 2.59 bits per heavy atom. The molecule has 0 radical (unpaired) electrons.